The van der Waals surface area contributed by atoms with Gasteiger partial charge in [-0.2, -0.15) is 0 Å². The molecule has 1 saturated carbocycles. The Kier molecular flexibility index (Phi) is 3.56. The first-order chi connectivity index (χ1) is 8.34. The summed E-state index contributed by atoms with van der Waals surface area (Å²) in [7, 11) is 0. The molecule has 1 aliphatic carbocycles. The highest BCUT2D eigenvalue weighted by molar-refractivity contribution is 14.1. The van der Waals surface area contributed by atoms with Gasteiger partial charge in [0.2, 0.25) is 0 Å². The quantitative estimate of drug-likeness (QED) is 0.832. The number of para-hydroxylation sites is 1. The second kappa shape index (κ2) is 5.14. The van der Waals surface area contributed by atoms with Crippen LogP contribution >= 0.6 is 22.6 Å². The van der Waals surface area contributed by atoms with E-state index in [1.165, 1.54) is 48.2 Å². The van der Waals surface area contributed by atoms with Crippen molar-refractivity contribution in [1.29, 1.82) is 0 Å². The first-order valence-corrected chi connectivity index (χ1v) is 7.65. The van der Waals surface area contributed by atoms with Gasteiger partial charge >= 0.3 is 0 Å². The van der Waals surface area contributed by atoms with Crippen LogP contribution in [-0.4, -0.2) is 25.7 Å². The largest absolute Gasteiger partial charge is 0.369 e. The van der Waals surface area contributed by atoms with Crippen molar-refractivity contribution in [1.82, 2.24) is 5.32 Å². The van der Waals surface area contributed by atoms with E-state index in [1.54, 1.807) is 0 Å². The summed E-state index contributed by atoms with van der Waals surface area (Å²) in [4.78, 5) is 2.57. The van der Waals surface area contributed by atoms with E-state index >= 15 is 0 Å². The van der Waals surface area contributed by atoms with Gasteiger partial charge < -0.3 is 10.2 Å². The summed E-state index contributed by atoms with van der Waals surface area (Å²) in [5.74, 6) is 0.942. The lowest BCUT2D eigenvalue weighted by molar-refractivity contribution is 0.490. The number of hydrogen-bond donors (Lipinski definition) is 1. The Hall–Kier alpha value is -0.290. The molecule has 2 nitrogen and oxygen atoms in total. The fourth-order valence-electron chi connectivity index (χ4n) is 2.69. The Balaban J connectivity index is 1.78. The maximum absolute atomic E-state index is 3.72. The van der Waals surface area contributed by atoms with Gasteiger partial charge in [0.05, 0.1) is 5.69 Å². The molecule has 1 N–H and O–H groups in total. The molecule has 1 unspecified atom stereocenters. The number of nitrogens with zero attached hydrogens (tertiary/aromatic N) is 1. The zero-order valence-electron chi connectivity index (χ0n) is 10.0. The summed E-state index contributed by atoms with van der Waals surface area (Å²) < 4.78 is 1.38. The van der Waals surface area contributed by atoms with Gasteiger partial charge in [0.25, 0.3) is 0 Å². The smallest absolute Gasteiger partial charge is 0.0502 e. The Labute approximate surface area is 117 Å². The molecule has 0 aromatic heterocycles. The molecule has 1 heterocycles. The topological polar surface area (TPSA) is 15.3 Å². The molecule has 3 rings (SSSR count). The van der Waals surface area contributed by atoms with E-state index in [-0.39, 0.29) is 0 Å². The van der Waals surface area contributed by atoms with E-state index < -0.39 is 0 Å². The Morgan fingerprint density at radius 3 is 2.82 bits per heavy atom. The highest BCUT2D eigenvalue weighted by Gasteiger charge is 2.33. The van der Waals surface area contributed by atoms with E-state index in [4.69, 9.17) is 0 Å². The lowest BCUT2D eigenvalue weighted by Crippen LogP contribution is -2.39. The molecule has 2 fully saturated rings. The zero-order chi connectivity index (χ0) is 11.7. The van der Waals surface area contributed by atoms with Crippen LogP contribution < -0.4 is 10.2 Å². The van der Waals surface area contributed by atoms with Gasteiger partial charge in [0.15, 0.2) is 0 Å². The molecular formula is C14H19IN2. The first-order valence-electron chi connectivity index (χ1n) is 6.57. The molecule has 17 heavy (non-hydrogen) atoms. The van der Waals surface area contributed by atoms with E-state index in [0.29, 0.717) is 6.04 Å². The monoisotopic (exact) mass is 342 g/mol. The van der Waals surface area contributed by atoms with Crippen LogP contribution in [0.25, 0.3) is 0 Å². The first kappa shape index (κ1) is 11.8. The fourth-order valence-corrected chi connectivity index (χ4v) is 3.42. The van der Waals surface area contributed by atoms with Crippen molar-refractivity contribution >= 4 is 28.3 Å². The molecule has 2 aliphatic rings. The Morgan fingerprint density at radius 1 is 1.24 bits per heavy atom. The van der Waals surface area contributed by atoms with Gasteiger partial charge in [0.1, 0.15) is 0 Å². The molecule has 1 aromatic carbocycles. The maximum Gasteiger partial charge on any atom is 0.0502 e. The van der Waals surface area contributed by atoms with E-state index in [9.17, 15) is 0 Å². The summed E-state index contributed by atoms with van der Waals surface area (Å²) in [5, 5.41) is 3.72. The van der Waals surface area contributed by atoms with Crippen LogP contribution in [0.15, 0.2) is 24.3 Å². The maximum atomic E-state index is 3.72. The van der Waals surface area contributed by atoms with Crippen LogP contribution in [0.2, 0.25) is 0 Å². The van der Waals surface area contributed by atoms with Gasteiger partial charge in [-0.3, -0.25) is 0 Å². The molecule has 3 heteroatoms. The van der Waals surface area contributed by atoms with Crippen LogP contribution in [0.3, 0.4) is 0 Å². The molecule has 92 valence electrons. The van der Waals surface area contributed by atoms with Crippen molar-refractivity contribution in [3.63, 3.8) is 0 Å². The van der Waals surface area contributed by atoms with Gasteiger partial charge in [-0.05, 0) is 66.4 Å². The summed E-state index contributed by atoms with van der Waals surface area (Å²) in [5.41, 5.74) is 1.42. The van der Waals surface area contributed by atoms with Crippen LogP contribution in [0.5, 0.6) is 0 Å². The minimum atomic E-state index is 0.716. The highest BCUT2D eigenvalue weighted by Crippen LogP contribution is 2.34. The molecule has 0 radical (unpaired) electrons. The van der Waals surface area contributed by atoms with E-state index in [2.05, 4.69) is 57.1 Å². The van der Waals surface area contributed by atoms with Crippen LogP contribution in [0.1, 0.15) is 19.3 Å². The minimum Gasteiger partial charge on any atom is -0.369 e. The molecule has 0 amide bonds. The summed E-state index contributed by atoms with van der Waals surface area (Å²) >= 11 is 2.45. The SMILES string of the molecule is Ic1ccccc1N1CCCNC(C2CC2)C1. The van der Waals surface area contributed by atoms with Gasteiger partial charge in [-0.15, -0.1) is 0 Å². The molecular weight excluding hydrogens is 323 g/mol. The van der Waals surface area contributed by atoms with E-state index in [1.807, 2.05) is 0 Å². The third-order valence-electron chi connectivity index (χ3n) is 3.81. The van der Waals surface area contributed by atoms with Gasteiger partial charge in [-0.1, -0.05) is 12.1 Å². The molecule has 1 aliphatic heterocycles. The van der Waals surface area contributed by atoms with Crippen LogP contribution in [0, 0.1) is 9.49 Å². The molecule has 1 atom stereocenters. The second-order valence-corrected chi connectivity index (χ2v) is 6.31. The normalized spacial score (nSPS) is 25.7. The number of nitrogens with one attached hydrogen (secondary N) is 1. The number of hydrogen-bond acceptors (Lipinski definition) is 2. The standard InChI is InChI=1S/C14H19IN2/c15-12-4-1-2-5-14(12)17-9-3-8-16-13(10-17)11-6-7-11/h1-2,4-5,11,13,16H,3,6-10H2. The lowest BCUT2D eigenvalue weighted by Gasteiger charge is -2.27. The lowest BCUT2D eigenvalue weighted by atomic mass is 10.1. The number of halogens is 1. The van der Waals surface area contributed by atoms with Crippen LogP contribution in [-0.2, 0) is 0 Å². The number of rotatable bonds is 2. The van der Waals surface area contributed by atoms with E-state index in [0.717, 1.165) is 5.92 Å². The highest BCUT2D eigenvalue weighted by atomic mass is 127. The van der Waals surface area contributed by atoms with Crippen molar-refractivity contribution < 1.29 is 0 Å². The third-order valence-corrected chi connectivity index (χ3v) is 4.72. The van der Waals surface area contributed by atoms with Gasteiger partial charge in [0, 0.05) is 22.7 Å². The number of anilines is 1. The second-order valence-electron chi connectivity index (χ2n) is 5.15. The van der Waals surface area contributed by atoms with Gasteiger partial charge in [-0.25, -0.2) is 0 Å². The molecule has 0 spiro atoms. The summed E-state index contributed by atoms with van der Waals surface area (Å²) in [6.45, 7) is 3.56. The molecule has 0 bridgehead atoms. The van der Waals surface area contributed by atoms with Crippen molar-refractivity contribution in [2.45, 2.75) is 25.3 Å². The van der Waals surface area contributed by atoms with Crippen molar-refractivity contribution in [2.75, 3.05) is 24.5 Å². The zero-order valence-corrected chi connectivity index (χ0v) is 12.2. The van der Waals surface area contributed by atoms with Crippen molar-refractivity contribution in [2.24, 2.45) is 5.92 Å². The summed E-state index contributed by atoms with van der Waals surface area (Å²) in [6, 6.07) is 9.47. The fraction of sp³-hybridized carbons (Fsp3) is 0.571. The molecule has 1 saturated heterocycles. The minimum absolute atomic E-state index is 0.716. The van der Waals surface area contributed by atoms with Crippen molar-refractivity contribution in [3.8, 4) is 0 Å². The predicted octanol–water partition coefficient (Wildman–Crippen LogP) is 2.87. The Morgan fingerprint density at radius 2 is 2.06 bits per heavy atom. The average Bonchev–Trinajstić information content (AvgIpc) is 3.16. The average molecular weight is 342 g/mol. The van der Waals surface area contributed by atoms with Crippen molar-refractivity contribution in [3.05, 3.63) is 27.8 Å². The molecule has 1 aromatic rings. The predicted molar refractivity (Wildman–Crippen MR) is 80.5 cm³/mol. The van der Waals surface area contributed by atoms with Crippen LogP contribution in [0.4, 0.5) is 5.69 Å². The third kappa shape index (κ3) is 2.76. The Bertz CT molecular complexity index is 390. The summed E-state index contributed by atoms with van der Waals surface area (Å²) in [6.07, 6.45) is 4.11. The number of benzene rings is 1.